The van der Waals surface area contributed by atoms with E-state index in [0.717, 1.165) is 12.0 Å². The Hall–Kier alpha value is -0.0400. The average Bonchev–Trinajstić information content (AvgIpc) is 2.35. The summed E-state index contributed by atoms with van der Waals surface area (Å²) < 4.78 is 0. The maximum atomic E-state index is 2.77. The average molecular weight is 253 g/mol. The van der Waals surface area contributed by atoms with Crippen LogP contribution in [0.4, 0.5) is 0 Å². The van der Waals surface area contributed by atoms with Crippen molar-refractivity contribution in [1.29, 1.82) is 0 Å². The standard InChI is InChI=1S/C14H27N.C3H8/c1-12-7-8-13(11-14(12,2)3)15-9-5-4-6-10-15;1-3-2/h12-13H,4-11H2,1-3H3;3H2,1-2H3/t12-,13+;/m1./s1. The quantitative estimate of drug-likeness (QED) is 0.628. The summed E-state index contributed by atoms with van der Waals surface area (Å²) in [4.78, 5) is 2.77. The summed E-state index contributed by atoms with van der Waals surface area (Å²) in [5, 5.41) is 0. The summed E-state index contributed by atoms with van der Waals surface area (Å²) >= 11 is 0. The van der Waals surface area contributed by atoms with Crippen LogP contribution in [0, 0.1) is 11.3 Å². The van der Waals surface area contributed by atoms with E-state index in [9.17, 15) is 0 Å². The first-order valence-electron chi connectivity index (χ1n) is 8.25. The molecule has 108 valence electrons. The zero-order valence-electron chi connectivity index (χ0n) is 13.5. The second-order valence-corrected chi connectivity index (χ2v) is 7.13. The Bertz CT molecular complexity index is 216. The van der Waals surface area contributed by atoms with Gasteiger partial charge in [-0.1, -0.05) is 47.5 Å². The van der Waals surface area contributed by atoms with Gasteiger partial charge in [0.2, 0.25) is 0 Å². The van der Waals surface area contributed by atoms with Crippen LogP contribution in [0.5, 0.6) is 0 Å². The van der Waals surface area contributed by atoms with Crippen LogP contribution in [-0.2, 0) is 0 Å². The van der Waals surface area contributed by atoms with Crippen molar-refractivity contribution in [2.45, 2.75) is 85.6 Å². The van der Waals surface area contributed by atoms with Gasteiger partial charge in [-0.25, -0.2) is 0 Å². The normalized spacial score (nSPS) is 32.5. The molecule has 1 nitrogen and oxygen atoms in total. The lowest BCUT2D eigenvalue weighted by molar-refractivity contribution is 0.0454. The molecule has 0 radical (unpaired) electrons. The summed E-state index contributed by atoms with van der Waals surface area (Å²) in [6.45, 7) is 14.4. The smallest absolute Gasteiger partial charge is 0.0100 e. The predicted octanol–water partition coefficient (Wildman–Crippen LogP) is 5.10. The van der Waals surface area contributed by atoms with E-state index in [1.54, 1.807) is 0 Å². The van der Waals surface area contributed by atoms with Crippen LogP contribution in [0.3, 0.4) is 0 Å². The Morgan fingerprint density at radius 2 is 1.56 bits per heavy atom. The molecule has 1 heteroatoms. The molecule has 18 heavy (non-hydrogen) atoms. The number of hydrogen-bond acceptors (Lipinski definition) is 1. The van der Waals surface area contributed by atoms with Gasteiger partial charge in [0.25, 0.3) is 0 Å². The van der Waals surface area contributed by atoms with Gasteiger partial charge in [-0.2, -0.15) is 0 Å². The lowest BCUT2D eigenvalue weighted by Crippen LogP contribution is -2.45. The maximum Gasteiger partial charge on any atom is 0.0100 e. The van der Waals surface area contributed by atoms with Crippen molar-refractivity contribution < 1.29 is 0 Å². The Labute approximate surface area is 115 Å². The second-order valence-electron chi connectivity index (χ2n) is 7.13. The van der Waals surface area contributed by atoms with Crippen LogP contribution >= 0.6 is 0 Å². The summed E-state index contributed by atoms with van der Waals surface area (Å²) in [7, 11) is 0. The summed E-state index contributed by atoms with van der Waals surface area (Å²) in [5.41, 5.74) is 0.570. The molecule has 0 aromatic carbocycles. The molecule has 0 aromatic rings. The Morgan fingerprint density at radius 3 is 2.06 bits per heavy atom. The van der Waals surface area contributed by atoms with Gasteiger partial charge >= 0.3 is 0 Å². The van der Waals surface area contributed by atoms with Crippen LogP contribution < -0.4 is 0 Å². The van der Waals surface area contributed by atoms with E-state index in [2.05, 4.69) is 39.5 Å². The monoisotopic (exact) mass is 253 g/mol. The van der Waals surface area contributed by atoms with Gasteiger partial charge in [-0.05, 0) is 56.5 Å². The maximum absolute atomic E-state index is 2.77. The highest BCUT2D eigenvalue weighted by Crippen LogP contribution is 2.42. The number of piperidine rings is 1. The molecular formula is C17H35N. The minimum atomic E-state index is 0.570. The third-order valence-electron chi connectivity index (χ3n) is 4.94. The molecule has 2 aliphatic rings. The van der Waals surface area contributed by atoms with Gasteiger partial charge in [0.15, 0.2) is 0 Å². The van der Waals surface area contributed by atoms with E-state index in [1.807, 2.05) is 0 Å². The van der Waals surface area contributed by atoms with Crippen LogP contribution in [0.2, 0.25) is 0 Å². The molecule has 1 saturated carbocycles. The Balaban J connectivity index is 0.000000492. The lowest BCUT2D eigenvalue weighted by atomic mass is 9.67. The SMILES string of the molecule is CCC.C[C@@H]1CC[C@H](N2CCCCC2)CC1(C)C. The first-order valence-corrected chi connectivity index (χ1v) is 8.25. The second kappa shape index (κ2) is 7.53. The zero-order valence-corrected chi connectivity index (χ0v) is 13.5. The first kappa shape index (κ1) is 16.0. The molecule has 1 aliphatic carbocycles. The van der Waals surface area contributed by atoms with E-state index in [0.29, 0.717) is 5.41 Å². The number of rotatable bonds is 1. The number of likely N-dealkylation sites (tertiary alicyclic amines) is 1. The van der Waals surface area contributed by atoms with E-state index in [-0.39, 0.29) is 0 Å². The summed E-state index contributed by atoms with van der Waals surface area (Å²) in [6.07, 6.45) is 9.90. The first-order chi connectivity index (χ1) is 8.51. The van der Waals surface area contributed by atoms with E-state index in [1.165, 1.54) is 58.0 Å². The third-order valence-corrected chi connectivity index (χ3v) is 4.94. The van der Waals surface area contributed by atoms with E-state index in [4.69, 9.17) is 0 Å². The molecule has 2 rings (SSSR count). The molecule has 0 aromatic heterocycles. The molecule has 2 atom stereocenters. The fraction of sp³-hybridized carbons (Fsp3) is 1.00. The van der Waals surface area contributed by atoms with Gasteiger partial charge in [0.1, 0.15) is 0 Å². The van der Waals surface area contributed by atoms with Gasteiger partial charge in [0, 0.05) is 6.04 Å². The third kappa shape index (κ3) is 4.57. The van der Waals surface area contributed by atoms with Crippen LogP contribution in [-0.4, -0.2) is 24.0 Å². The van der Waals surface area contributed by atoms with Crippen molar-refractivity contribution in [3.8, 4) is 0 Å². The van der Waals surface area contributed by atoms with Crippen molar-refractivity contribution in [2.75, 3.05) is 13.1 Å². The van der Waals surface area contributed by atoms with Crippen molar-refractivity contribution in [2.24, 2.45) is 11.3 Å². The van der Waals surface area contributed by atoms with Gasteiger partial charge < -0.3 is 4.90 Å². The van der Waals surface area contributed by atoms with Crippen LogP contribution in [0.15, 0.2) is 0 Å². The topological polar surface area (TPSA) is 3.24 Å². The minimum Gasteiger partial charge on any atom is -0.300 e. The highest BCUT2D eigenvalue weighted by Gasteiger charge is 2.36. The van der Waals surface area contributed by atoms with Gasteiger partial charge in [-0.3, -0.25) is 0 Å². The molecular weight excluding hydrogens is 218 g/mol. The largest absolute Gasteiger partial charge is 0.300 e. The van der Waals surface area contributed by atoms with Gasteiger partial charge in [0.05, 0.1) is 0 Å². The molecule has 1 heterocycles. The van der Waals surface area contributed by atoms with Gasteiger partial charge in [-0.15, -0.1) is 0 Å². The van der Waals surface area contributed by atoms with Crippen molar-refractivity contribution in [1.82, 2.24) is 4.90 Å². The molecule has 2 fully saturated rings. The molecule has 0 unspecified atom stereocenters. The van der Waals surface area contributed by atoms with Crippen molar-refractivity contribution >= 4 is 0 Å². The fourth-order valence-corrected chi connectivity index (χ4v) is 3.34. The molecule has 1 aliphatic heterocycles. The minimum absolute atomic E-state index is 0.570. The number of hydrogen-bond donors (Lipinski definition) is 0. The fourth-order valence-electron chi connectivity index (χ4n) is 3.34. The number of nitrogens with zero attached hydrogens (tertiary/aromatic N) is 1. The van der Waals surface area contributed by atoms with Crippen molar-refractivity contribution in [3.63, 3.8) is 0 Å². The highest BCUT2D eigenvalue weighted by atomic mass is 15.2. The molecule has 0 spiro atoms. The molecule has 1 saturated heterocycles. The predicted molar refractivity (Wildman–Crippen MR) is 82.0 cm³/mol. The molecule has 0 bridgehead atoms. The van der Waals surface area contributed by atoms with Crippen LogP contribution in [0.1, 0.15) is 79.6 Å². The van der Waals surface area contributed by atoms with Crippen LogP contribution in [0.25, 0.3) is 0 Å². The molecule has 0 amide bonds. The van der Waals surface area contributed by atoms with E-state index >= 15 is 0 Å². The lowest BCUT2D eigenvalue weighted by Gasteiger charge is -2.46. The molecule has 0 N–H and O–H groups in total. The zero-order chi connectivity index (χ0) is 13.6. The summed E-state index contributed by atoms with van der Waals surface area (Å²) in [5.74, 6) is 0.915. The summed E-state index contributed by atoms with van der Waals surface area (Å²) in [6, 6.07) is 0.900. The van der Waals surface area contributed by atoms with Crippen molar-refractivity contribution in [3.05, 3.63) is 0 Å². The highest BCUT2D eigenvalue weighted by molar-refractivity contribution is 4.89. The Morgan fingerprint density at radius 1 is 1.00 bits per heavy atom. The Kier molecular flexibility index (Phi) is 6.70. The van der Waals surface area contributed by atoms with E-state index < -0.39 is 0 Å².